The number of hydrogen-bond donors (Lipinski definition) is 1. The predicted octanol–water partition coefficient (Wildman–Crippen LogP) is 2.37. The first-order chi connectivity index (χ1) is 9.19. The molecule has 1 unspecified atom stereocenters. The van der Waals surface area contributed by atoms with E-state index in [9.17, 15) is 0 Å². The van der Waals surface area contributed by atoms with Gasteiger partial charge < -0.3 is 15.3 Å². The topological polar surface area (TPSA) is 60.6 Å². The van der Waals surface area contributed by atoms with Crippen LogP contribution < -0.4 is 10.5 Å². The van der Waals surface area contributed by atoms with Crippen molar-refractivity contribution >= 4 is 0 Å². The number of hydroxylamine groups is 2. The summed E-state index contributed by atoms with van der Waals surface area (Å²) in [6.45, 7) is 4.30. The second kappa shape index (κ2) is 5.93. The summed E-state index contributed by atoms with van der Waals surface area (Å²) in [7, 11) is 1.61. The van der Waals surface area contributed by atoms with Crippen molar-refractivity contribution < 1.29 is 9.57 Å². The summed E-state index contributed by atoms with van der Waals surface area (Å²) in [5.74, 6) is 1.06. The standard InChI is InChI=1S/C14H21N3O2/c1-4-11(5-2)17-12(8-13(15)19-17)10-6-7-14(18-3)16-9-10/h6-9,11-12H,4-5,15H2,1-3H3. The lowest BCUT2D eigenvalue weighted by Crippen LogP contribution is -2.34. The Morgan fingerprint density at radius 3 is 2.68 bits per heavy atom. The number of nitrogens with zero attached hydrogens (tertiary/aromatic N) is 2. The second-order valence-electron chi connectivity index (χ2n) is 4.57. The van der Waals surface area contributed by atoms with E-state index in [-0.39, 0.29) is 6.04 Å². The minimum Gasteiger partial charge on any atom is -0.481 e. The van der Waals surface area contributed by atoms with Crippen LogP contribution in [0.1, 0.15) is 38.3 Å². The Labute approximate surface area is 114 Å². The van der Waals surface area contributed by atoms with Crippen molar-refractivity contribution in [2.75, 3.05) is 7.11 Å². The highest BCUT2D eigenvalue weighted by molar-refractivity contribution is 5.25. The molecule has 2 heterocycles. The van der Waals surface area contributed by atoms with Crippen molar-refractivity contribution in [3.63, 3.8) is 0 Å². The number of methoxy groups -OCH3 is 1. The number of rotatable bonds is 5. The third kappa shape index (κ3) is 2.81. The van der Waals surface area contributed by atoms with Crippen LogP contribution in [0.15, 0.2) is 30.3 Å². The fourth-order valence-corrected chi connectivity index (χ4v) is 2.32. The zero-order valence-corrected chi connectivity index (χ0v) is 11.7. The van der Waals surface area contributed by atoms with E-state index in [1.165, 1.54) is 0 Å². The zero-order chi connectivity index (χ0) is 13.8. The van der Waals surface area contributed by atoms with Gasteiger partial charge in [0.25, 0.3) is 0 Å². The van der Waals surface area contributed by atoms with E-state index < -0.39 is 0 Å². The molecule has 0 aliphatic carbocycles. The molecule has 104 valence electrons. The van der Waals surface area contributed by atoms with Crippen LogP contribution >= 0.6 is 0 Å². The maximum absolute atomic E-state index is 5.81. The number of pyridine rings is 1. The molecule has 1 atom stereocenters. The van der Waals surface area contributed by atoms with E-state index >= 15 is 0 Å². The lowest BCUT2D eigenvalue weighted by molar-refractivity contribution is -0.153. The summed E-state index contributed by atoms with van der Waals surface area (Å²) in [4.78, 5) is 9.88. The number of hydrogen-bond acceptors (Lipinski definition) is 5. The quantitative estimate of drug-likeness (QED) is 0.883. The summed E-state index contributed by atoms with van der Waals surface area (Å²) >= 11 is 0. The highest BCUT2D eigenvalue weighted by Crippen LogP contribution is 2.33. The fraction of sp³-hybridized carbons (Fsp3) is 0.500. The molecule has 1 aliphatic heterocycles. The minimum absolute atomic E-state index is 0.0170. The van der Waals surface area contributed by atoms with Crippen LogP contribution in [0.2, 0.25) is 0 Å². The summed E-state index contributed by atoms with van der Waals surface area (Å²) in [5.41, 5.74) is 6.86. The normalized spacial score (nSPS) is 19.4. The van der Waals surface area contributed by atoms with E-state index in [1.807, 2.05) is 23.3 Å². The Morgan fingerprint density at radius 2 is 2.16 bits per heavy atom. The van der Waals surface area contributed by atoms with Crippen molar-refractivity contribution in [3.8, 4) is 5.88 Å². The van der Waals surface area contributed by atoms with E-state index in [4.69, 9.17) is 15.3 Å². The lowest BCUT2D eigenvalue weighted by atomic mass is 10.1. The smallest absolute Gasteiger partial charge is 0.212 e. The molecule has 1 aromatic rings. The van der Waals surface area contributed by atoms with Gasteiger partial charge in [-0.25, -0.2) is 4.98 Å². The third-order valence-corrected chi connectivity index (χ3v) is 3.42. The highest BCUT2D eigenvalue weighted by Gasteiger charge is 2.32. The highest BCUT2D eigenvalue weighted by atomic mass is 16.7. The van der Waals surface area contributed by atoms with Crippen molar-refractivity contribution in [3.05, 3.63) is 35.9 Å². The van der Waals surface area contributed by atoms with Gasteiger partial charge in [-0.3, -0.25) is 0 Å². The minimum atomic E-state index is 0.0170. The Kier molecular flexibility index (Phi) is 4.27. The van der Waals surface area contributed by atoms with Gasteiger partial charge in [-0.05, 0) is 18.4 Å². The Bertz CT molecular complexity index is 441. The molecule has 0 aromatic carbocycles. The van der Waals surface area contributed by atoms with Crippen molar-refractivity contribution in [1.29, 1.82) is 0 Å². The first-order valence-corrected chi connectivity index (χ1v) is 6.63. The van der Waals surface area contributed by atoms with Crippen LogP contribution in [-0.4, -0.2) is 23.2 Å². The molecule has 0 saturated carbocycles. The average Bonchev–Trinajstić information content (AvgIpc) is 2.82. The monoisotopic (exact) mass is 263 g/mol. The molecule has 0 amide bonds. The summed E-state index contributed by atoms with van der Waals surface area (Å²) in [6, 6.07) is 4.19. The summed E-state index contributed by atoms with van der Waals surface area (Å²) in [5, 5.41) is 1.96. The summed E-state index contributed by atoms with van der Waals surface area (Å²) in [6.07, 6.45) is 5.74. The molecule has 0 saturated heterocycles. The van der Waals surface area contributed by atoms with Gasteiger partial charge in [0, 0.05) is 24.4 Å². The van der Waals surface area contributed by atoms with Crippen LogP contribution in [0.4, 0.5) is 0 Å². The first-order valence-electron chi connectivity index (χ1n) is 6.63. The lowest BCUT2D eigenvalue weighted by Gasteiger charge is -2.29. The van der Waals surface area contributed by atoms with Crippen LogP contribution in [0, 0.1) is 0 Å². The second-order valence-corrected chi connectivity index (χ2v) is 4.57. The van der Waals surface area contributed by atoms with Gasteiger partial charge in [0.1, 0.15) is 0 Å². The maximum Gasteiger partial charge on any atom is 0.212 e. The molecular weight excluding hydrogens is 242 g/mol. The van der Waals surface area contributed by atoms with Gasteiger partial charge in [0.2, 0.25) is 11.8 Å². The van der Waals surface area contributed by atoms with E-state index in [0.717, 1.165) is 18.4 Å². The molecule has 0 radical (unpaired) electrons. The molecular formula is C14H21N3O2. The molecule has 1 aliphatic rings. The summed E-state index contributed by atoms with van der Waals surface area (Å²) < 4.78 is 5.07. The van der Waals surface area contributed by atoms with Crippen LogP contribution in [-0.2, 0) is 4.84 Å². The fourth-order valence-electron chi connectivity index (χ4n) is 2.32. The molecule has 0 fully saturated rings. The Hall–Kier alpha value is -1.75. The molecule has 5 nitrogen and oxygen atoms in total. The molecule has 5 heteroatoms. The van der Waals surface area contributed by atoms with Gasteiger partial charge >= 0.3 is 0 Å². The van der Waals surface area contributed by atoms with Crippen molar-refractivity contribution in [2.24, 2.45) is 5.73 Å². The van der Waals surface area contributed by atoms with Gasteiger partial charge in [-0.1, -0.05) is 19.9 Å². The predicted molar refractivity (Wildman–Crippen MR) is 73.1 cm³/mol. The SMILES string of the molecule is CCC(CC)N1OC(N)=CC1c1ccc(OC)nc1. The van der Waals surface area contributed by atoms with Crippen LogP contribution in [0.3, 0.4) is 0 Å². The largest absolute Gasteiger partial charge is 0.481 e. The molecule has 2 N–H and O–H groups in total. The van der Waals surface area contributed by atoms with Gasteiger partial charge in [0.15, 0.2) is 0 Å². The molecule has 19 heavy (non-hydrogen) atoms. The van der Waals surface area contributed by atoms with Crippen LogP contribution in [0.5, 0.6) is 5.88 Å². The van der Waals surface area contributed by atoms with E-state index in [2.05, 4.69) is 18.8 Å². The Morgan fingerprint density at radius 1 is 1.42 bits per heavy atom. The van der Waals surface area contributed by atoms with Crippen molar-refractivity contribution in [1.82, 2.24) is 10.0 Å². The first kappa shape index (κ1) is 13.7. The maximum atomic E-state index is 5.81. The number of aromatic nitrogens is 1. The van der Waals surface area contributed by atoms with E-state index in [0.29, 0.717) is 17.8 Å². The van der Waals surface area contributed by atoms with Crippen LogP contribution in [0.25, 0.3) is 0 Å². The average molecular weight is 263 g/mol. The van der Waals surface area contributed by atoms with Gasteiger partial charge in [0.05, 0.1) is 13.2 Å². The Balaban J connectivity index is 2.23. The molecule has 2 rings (SSSR count). The van der Waals surface area contributed by atoms with Gasteiger partial charge in [-0.15, -0.1) is 5.06 Å². The van der Waals surface area contributed by atoms with Crippen molar-refractivity contribution in [2.45, 2.75) is 38.8 Å². The van der Waals surface area contributed by atoms with E-state index in [1.54, 1.807) is 13.3 Å². The number of nitrogens with two attached hydrogens (primary N) is 1. The zero-order valence-electron chi connectivity index (χ0n) is 11.7. The third-order valence-electron chi connectivity index (χ3n) is 3.42. The molecule has 1 aromatic heterocycles. The molecule has 0 spiro atoms. The number of ether oxygens (including phenoxy) is 1. The molecule has 0 bridgehead atoms. The van der Waals surface area contributed by atoms with Gasteiger partial charge in [-0.2, -0.15) is 0 Å².